The van der Waals surface area contributed by atoms with Crippen LogP contribution in [0.25, 0.3) is 0 Å². The monoisotopic (exact) mass is 430 g/mol. The average Bonchev–Trinajstić information content (AvgIpc) is 2.63. The highest BCUT2D eigenvalue weighted by molar-refractivity contribution is 7.96. The maximum absolute atomic E-state index is 14.1. The fourth-order valence-corrected chi connectivity index (χ4v) is 7.06. The van der Waals surface area contributed by atoms with Gasteiger partial charge in [0.15, 0.2) is 11.0 Å². The Morgan fingerprint density at radius 3 is 1.29 bits per heavy atom. The first-order valence-corrected chi connectivity index (χ1v) is 12.0. The summed E-state index contributed by atoms with van der Waals surface area (Å²) in [7, 11) is -1.73. The smallest absolute Gasteiger partial charge is 0.197 e. The first-order chi connectivity index (χ1) is 14.5. The van der Waals surface area contributed by atoms with E-state index in [1.54, 1.807) is 0 Å². The maximum atomic E-state index is 14.1. The van der Waals surface area contributed by atoms with Gasteiger partial charge in [0.1, 0.15) is 0 Å². The molecule has 160 valence electrons. The fraction of sp³-hybridized carbons (Fsp3) is 0.286. The molecule has 3 aromatic carbocycles. The van der Waals surface area contributed by atoms with Crippen LogP contribution in [0.15, 0.2) is 42.5 Å². The lowest BCUT2D eigenvalue weighted by molar-refractivity contribution is 0.105. The van der Waals surface area contributed by atoms with E-state index in [2.05, 4.69) is 0 Å². The summed E-state index contributed by atoms with van der Waals surface area (Å²) in [5.74, 6) is 0. The molecular weight excluding hydrogens is 399 g/mol. The van der Waals surface area contributed by atoms with Gasteiger partial charge in [-0.1, -0.05) is 59.2 Å². The van der Waals surface area contributed by atoms with Gasteiger partial charge in [-0.2, -0.15) is 0 Å². The molecule has 0 bridgehead atoms. The van der Waals surface area contributed by atoms with E-state index < -0.39 is 7.92 Å². The summed E-state index contributed by atoms with van der Waals surface area (Å²) in [5.41, 5.74) is 9.31. The second kappa shape index (κ2) is 8.89. The molecule has 0 heterocycles. The van der Waals surface area contributed by atoms with Gasteiger partial charge in [-0.15, -0.1) is 0 Å². The van der Waals surface area contributed by atoms with Crippen LogP contribution < -0.4 is 5.30 Å². The van der Waals surface area contributed by atoms with Crippen molar-refractivity contribution in [3.63, 3.8) is 0 Å². The van der Waals surface area contributed by atoms with Gasteiger partial charge in [0.25, 0.3) is 0 Å². The van der Waals surface area contributed by atoms with Crippen LogP contribution in [0.2, 0.25) is 0 Å². The highest BCUT2D eigenvalue weighted by atomic mass is 31.1. The Labute approximate surface area is 187 Å². The Bertz CT molecular complexity index is 1090. The van der Waals surface area contributed by atoms with Gasteiger partial charge >= 0.3 is 0 Å². The number of aryl methyl sites for hydroxylation is 8. The molecule has 0 N–H and O–H groups in total. The molecule has 0 aromatic heterocycles. The van der Waals surface area contributed by atoms with Crippen molar-refractivity contribution in [1.82, 2.24) is 0 Å². The fourth-order valence-electron chi connectivity index (χ4n) is 4.53. The third kappa shape index (κ3) is 4.55. The third-order valence-electron chi connectivity index (χ3n) is 5.79. The van der Waals surface area contributed by atoms with Crippen LogP contribution in [0.1, 0.15) is 65.2 Å². The summed E-state index contributed by atoms with van der Waals surface area (Å²) in [6.45, 7) is 15.9. The molecule has 0 aliphatic carbocycles. The van der Waals surface area contributed by atoms with Crippen LogP contribution in [0.5, 0.6) is 0 Å². The predicted octanol–water partition coefficient (Wildman–Crippen LogP) is 6.94. The molecular formula is C28H31O2P. The van der Waals surface area contributed by atoms with Crippen LogP contribution in [0.3, 0.4) is 0 Å². The molecule has 0 saturated heterocycles. The Balaban J connectivity index is 2.28. The lowest BCUT2D eigenvalue weighted by atomic mass is 10.0. The Hall–Kier alpha value is -2.57. The first-order valence-electron chi connectivity index (χ1n) is 10.6. The van der Waals surface area contributed by atoms with Crippen molar-refractivity contribution in [3.8, 4) is 0 Å². The Kier molecular flexibility index (Phi) is 6.62. The molecule has 0 aliphatic heterocycles. The molecule has 0 unspecified atom stereocenters. The van der Waals surface area contributed by atoms with E-state index in [1.807, 2.05) is 97.9 Å². The SMILES string of the molecule is Cc1cc(C)c(C(=O)P(C(=O)c2c(C)cc(C)cc2C)c2cc(C)ccc2C)c(C)c1. The van der Waals surface area contributed by atoms with Crippen molar-refractivity contribution in [2.24, 2.45) is 0 Å². The third-order valence-corrected chi connectivity index (χ3v) is 8.02. The number of rotatable bonds is 5. The number of benzene rings is 3. The van der Waals surface area contributed by atoms with Gasteiger partial charge in [0, 0.05) is 11.1 Å². The Morgan fingerprint density at radius 1 is 0.516 bits per heavy atom. The first kappa shape index (κ1) is 23.1. The molecule has 0 radical (unpaired) electrons. The molecule has 0 aliphatic rings. The minimum Gasteiger partial charge on any atom is -0.288 e. The molecule has 0 atom stereocenters. The summed E-state index contributed by atoms with van der Waals surface area (Å²) in [6.07, 6.45) is 0. The quantitative estimate of drug-likeness (QED) is 0.411. The normalized spacial score (nSPS) is 11.1. The van der Waals surface area contributed by atoms with Crippen molar-refractivity contribution in [1.29, 1.82) is 0 Å². The minimum atomic E-state index is -1.73. The summed E-state index contributed by atoms with van der Waals surface area (Å²) >= 11 is 0. The van der Waals surface area contributed by atoms with Crippen molar-refractivity contribution in [2.45, 2.75) is 55.4 Å². The van der Waals surface area contributed by atoms with Crippen LogP contribution in [0.4, 0.5) is 0 Å². The van der Waals surface area contributed by atoms with Gasteiger partial charge in [0.05, 0.1) is 7.92 Å². The van der Waals surface area contributed by atoms with Crippen molar-refractivity contribution < 1.29 is 9.59 Å². The molecule has 0 fully saturated rings. The van der Waals surface area contributed by atoms with E-state index >= 15 is 0 Å². The summed E-state index contributed by atoms with van der Waals surface area (Å²) in [5, 5.41) is 0.865. The van der Waals surface area contributed by atoms with Gasteiger partial charge in [-0.25, -0.2) is 0 Å². The number of carbonyl (C=O) groups is 2. The van der Waals surface area contributed by atoms with Crippen LogP contribution in [0, 0.1) is 55.4 Å². The van der Waals surface area contributed by atoms with Gasteiger partial charge < -0.3 is 0 Å². The lowest BCUT2D eigenvalue weighted by Crippen LogP contribution is -2.21. The lowest BCUT2D eigenvalue weighted by Gasteiger charge is -2.22. The minimum absolute atomic E-state index is 0.0527. The summed E-state index contributed by atoms with van der Waals surface area (Å²) in [4.78, 5) is 28.1. The molecule has 0 spiro atoms. The van der Waals surface area contributed by atoms with Crippen molar-refractivity contribution >= 4 is 24.3 Å². The van der Waals surface area contributed by atoms with E-state index in [0.29, 0.717) is 11.1 Å². The van der Waals surface area contributed by atoms with E-state index in [9.17, 15) is 9.59 Å². The highest BCUT2D eigenvalue weighted by Crippen LogP contribution is 2.46. The number of carbonyl (C=O) groups excluding carboxylic acids is 2. The molecule has 3 heteroatoms. The Morgan fingerprint density at radius 2 is 0.903 bits per heavy atom. The summed E-state index contributed by atoms with van der Waals surface area (Å²) in [6, 6.07) is 14.2. The zero-order valence-electron chi connectivity index (χ0n) is 19.8. The molecule has 0 saturated carbocycles. The number of hydrogen-bond donors (Lipinski definition) is 0. The largest absolute Gasteiger partial charge is 0.288 e. The zero-order valence-corrected chi connectivity index (χ0v) is 20.7. The topological polar surface area (TPSA) is 34.1 Å². The molecule has 31 heavy (non-hydrogen) atoms. The number of hydrogen-bond acceptors (Lipinski definition) is 2. The molecule has 3 aromatic rings. The molecule has 3 rings (SSSR count). The zero-order chi connectivity index (χ0) is 23.0. The van der Waals surface area contributed by atoms with Gasteiger partial charge in [-0.05, 0) is 88.5 Å². The molecule has 2 nitrogen and oxygen atoms in total. The van der Waals surface area contributed by atoms with E-state index in [0.717, 1.165) is 49.8 Å². The average molecular weight is 431 g/mol. The van der Waals surface area contributed by atoms with Crippen molar-refractivity contribution in [2.75, 3.05) is 0 Å². The summed E-state index contributed by atoms with van der Waals surface area (Å²) < 4.78 is 0. The van der Waals surface area contributed by atoms with E-state index in [1.165, 1.54) is 0 Å². The van der Waals surface area contributed by atoms with Gasteiger partial charge in [0.2, 0.25) is 0 Å². The predicted molar refractivity (Wildman–Crippen MR) is 132 cm³/mol. The second-order valence-electron chi connectivity index (χ2n) is 8.78. The maximum Gasteiger partial charge on any atom is 0.197 e. The van der Waals surface area contributed by atoms with E-state index in [-0.39, 0.29) is 11.0 Å². The van der Waals surface area contributed by atoms with Crippen LogP contribution >= 0.6 is 7.92 Å². The van der Waals surface area contributed by atoms with E-state index in [4.69, 9.17) is 0 Å². The molecule has 0 amide bonds. The van der Waals surface area contributed by atoms with Crippen molar-refractivity contribution in [3.05, 3.63) is 98.1 Å². The van der Waals surface area contributed by atoms with Gasteiger partial charge in [-0.3, -0.25) is 9.59 Å². The highest BCUT2D eigenvalue weighted by Gasteiger charge is 2.34. The standard InChI is InChI=1S/C28H31O2P/c1-16-9-10-19(4)24(15-16)31(27(29)25-20(5)11-17(2)12-21(25)6)28(30)26-22(7)13-18(3)14-23(26)8/h9-15H,1-8H3. The van der Waals surface area contributed by atoms with Crippen LogP contribution in [-0.2, 0) is 0 Å². The second-order valence-corrected chi connectivity index (χ2v) is 10.7. The van der Waals surface area contributed by atoms with Crippen LogP contribution in [-0.4, -0.2) is 11.0 Å².